The first-order chi connectivity index (χ1) is 11.1. The minimum Gasteiger partial charge on any atom is -0.293 e. The zero-order valence-corrected chi connectivity index (χ0v) is 14.9. The summed E-state index contributed by atoms with van der Waals surface area (Å²) in [5.74, 6) is 0.458. The monoisotopic (exact) mass is 358 g/mol. The lowest BCUT2D eigenvalue weighted by Gasteiger charge is -2.04. The molecular weight excluding hydrogens is 344 g/mol. The summed E-state index contributed by atoms with van der Waals surface area (Å²) in [6, 6.07) is 17.3. The van der Waals surface area contributed by atoms with Gasteiger partial charge < -0.3 is 0 Å². The molecule has 0 saturated carbocycles. The van der Waals surface area contributed by atoms with Crippen molar-refractivity contribution < 1.29 is 4.79 Å². The first-order valence-electron chi connectivity index (χ1n) is 7.02. The van der Waals surface area contributed by atoms with Crippen molar-refractivity contribution in [3.05, 3.63) is 69.7 Å². The Morgan fingerprint density at radius 1 is 1.17 bits per heavy atom. The third kappa shape index (κ3) is 3.77. The first kappa shape index (κ1) is 16.1. The SMILES string of the molecule is Cc1ccccc1-n1nc(SCC(=O)c2ccccc2)sc1=S. The van der Waals surface area contributed by atoms with Crippen molar-refractivity contribution in [3.63, 3.8) is 0 Å². The number of thioether (sulfide) groups is 1. The van der Waals surface area contributed by atoms with Gasteiger partial charge in [0.1, 0.15) is 0 Å². The van der Waals surface area contributed by atoms with E-state index in [9.17, 15) is 4.79 Å². The van der Waals surface area contributed by atoms with E-state index in [0.717, 1.165) is 21.2 Å². The molecule has 0 fully saturated rings. The molecule has 1 aromatic heterocycles. The number of aryl methyl sites for hydroxylation is 1. The molecule has 1 heterocycles. The molecule has 0 amide bonds. The van der Waals surface area contributed by atoms with Gasteiger partial charge in [-0.1, -0.05) is 71.6 Å². The van der Waals surface area contributed by atoms with Crippen molar-refractivity contribution in [2.24, 2.45) is 0 Å². The number of ketones is 1. The third-order valence-corrected chi connectivity index (χ3v) is 5.66. The molecular formula is C17H14N2OS3. The topological polar surface area (TPSA) is 34.9 Å². The minimum absolute atomic E-state index is 0.0964. The predicted molar refractivity (Wildman–Crippen MR) is 98.5 cm³/mol. The lowest BCUT2D eigenvalue weighted by Crippen LogP contribution is -2.02. The second-order valence-corrected chi connectivity index (χ2v) is 7.76. The number of Topliss-reactive ketones (excluding diaryl/α,β-unsaturated/α-hetero) is 1. The number of hydrogen-bond donors (Lipinski definition) is 0. The highest BCUT2D eigenvalue weighted by atomic mass is 32.2. The van der Waals surface area contributed by atoms with Crippen LogP contribution in [0.1, 0.15) is 15.9 Å². The fourth-order valence-corrected chi connectivity index (χ4v) is 4.35. The molecule has 0 bridgehead atoms. The molecule has 3 nitrogen and oxygen atoms in total. The Balaban J connectivity index is 1.76. The van der Waals surface area contributed by atoms with Crippen LogP contribution in [0.3, 0.4) is 0 Å². The van der Waals surface area contributed by atoms with E-state index in [-0.39, 0.29) is 5.78 Å². The lowest BCUT2D eigenvalue weighted by molar-refractivity contribution is 0.102. The molecule has 0 aliphatic rings. The standard InChI is InChI=1S/C17H14N2OS3/c1-12-7-5-6-10-14(12)19-17(21)23-16(18-19)22-11-15(20)13-8-3-2-4-9-13/h2-10H,11H2,1H3. The molecule has 3 rings (SSSR count). The van der Waals surface area contributed by atoms with Crippen molar-refractivity contribution in [3.8, 4) is 5.69 Å². The van der Waals surface area contributed by atoms with Crippen LogP contribution in [0.15, 0.2) is 58.9 Å². The smallest absolute Gasteiger partial charge is 0.184 e. The van der Waals surface area contributed by atoms with Crippen molar-refractivity contribution in [2.45, 2.75) is 11.3 Å². The van der Waals surface area contributed by atoms with Crippen LogP contribution in [-0.2, 0) is 0 Å². The largest absolute Gasteiger partial charge is 0.293 e. The number of para-hydroxylation sites is 1. The van der Waals surface area contributed by atoms with Crippen LogP contribution < -0.4 is 0 Å². The summed E-state index contributed by atoms with van der Waals surface area (Å²) in [5, 5.41) is 4.55. The predicted octanol–water partition coefficient (Wildman–Crippen LogP) is 4.95. The van der Waals surface area contributed by atoms with Gasteiger partial charge in [-0.25, -0.2) is 4.68 Å². The maximum Gasteiger partial charge on any atom is 0.184 e. The maximum absolute atomic E-state index is 12.2. The van der Waals surface area contributed by atoms with E-state index < -0.39 is 0 Å². The lowest BCUT2D eigenvalue weighted by atomic mass is 10.2. The Hall–Kier alpha value is -1.76. The van der Waals surface area contributed by atoms with Gasteiger partial charge in [0.15, 0.2) is 14.1 Å². The van der Waals surface area contributed by atoms with E-state index in [1.165, 1.54) is 23.1 Å². The summed E-state index contributed by atoms with van der Waals surface area (Å²) in [6.07, 6.45) is 0. The fourth-order valence-electron chi connectivity index (χ4n) is 2.11. The Labute approximate surface area is 148 Å². The summed E-state index contributed by atoms with van der Waals surface area (Å²) < 4.78 is 3.27. The van der Waals surface area contributed by atoms with Gasteiger partial charge in [-0.15, -0.1) is 5.10 Å². The van der Waals surface area contributed by atoms with Gasteiger partial charge in [0.25, 0.3) is 0 Å². The van der Waals surface area contributed by atoms with Gasteiger partial charge in [-0.2, -0.15) is 0 Å². The quantitative estimate of drug-likeness (QED) is 0.367. The molecule has 0 saturated heterocycles. The molecule has 2 aromatic carbocycles. The highest BCUT2D eigenvalue weighted by Crippen LogP contribution is 2.25. The van der Waals surface area contributed by atoms with E-state index in [0.29, 0.717) is 9.71 Å². The number of carbonyl (C=O) groups is 1. The molecule has 116 valence electrons. The van der Waals surface area contributed by atoms with Gasteiger partial charge in [0.2, 0.25) is 0 Å². The zero-order chi connectivity index (χ0) is 16.2. The normalized spacial score (nSPS) is 10.7. The second kappa shape index (κ2) is 7.21. The summed E-state index contributed by atoms with van der Waals surface area (Å²) in [6.45, 7) is 2.03. The van der Waals surface area contributed by atoms with E-state index in [4.69, 9.17) is 12.2 Å². The number of hydrogen-bond acceptors (Lipinski definition) is 5. The fraction of sp³-hybridized carbons (Fsp3) is 0.118. The number of aromatic nitrogens is 2. The Kier molecular flexibility index (Phi) is 5.05. The third-order valence-electron chi connectivity index (χ3n) is 3.30. The summed E-state index contributed by atoms with van der Waals surface area (Å²) in [4.78, 5) is 12.2. The zero-order valence-electron chi connectivity index (χ0n) is 12.4. The summed E-state index contributed by atoms with van der Waals surface area (Å²) in [5.41, 5.74) is 2.82. The minimum atomic E-state index is 0.0964. The molecule has 0 aliphatic carbocycles. The molecule has 23 heavy (non-hydrogen) atoms. The van der Waals surface area contributed by atoms with Gasteiger partial charge in [0, 0.05) is 5.56 Å². The number of rotatable bonds is 5. The van der Waals surface area contributed by atoms with E-state index in [2.05, 4.69) is 5.10 Å². The van der Waals surface area contributed by atoms with E-state index in [1.807, 2.05) is 61.5 Å². The van der Waals surface area contributed by atoms with Crippen LogP contribution in [0, 0.1) is 10.9 Å². The van der Waals surface area contributed by atoms with Crippen molar-refractivity contribution in [1.82, 2.24) is 9.78 Å². The molecule has 0 N–H and O–H groups in total. The number of carbonyl (C=O) groups excluding carboxylic acids is 1. The Bertz CT molecular complexity index is 884. The van der Waals surface area contributed by atoms with Crippen molar-refractivity contribution in [2.75, 3.05) is 5.75 Å². The molecule has 0 atom stereocenters. The highest BCUT2D eigenvalue weighted by Gasteiger charge is 2.11. The molecule has 6 heteroatoms. The Morgan fingerprint density at radius 2 is 1.87 bits per heavy atom. The van der Waals surface area contributed by atoms with Crippen LogP contribution in [0.2, 0.25) is 0 Å². The maximum atomic E-state index is 12.2. The molecule has 0 unspecified atom stereocenters. The van der Waals surface area contributed by atoms with Crippen LogP contribution in [0.25, 0.3) is 5.69 Å². The summed E-state index contributed by atoms with van der Waals surface area (Å²) in [7, 11) is 0. The second-order valence-electron chi connectivity index (χ2n) is 4.91. The molecule has 3 aromatic rings. The molecule has 0 spiro atoms. The molecule has 0 radical (unpaired) electrons. The van der Waals surface area contributed by atoms with E-state index in [1.54, 1.807) is 4.68 Å². The van der Waals surface area contributed by atoms with Crippen molar-refractivity contribution in [1.29, 1.82) is 0 Å². The highest BCUT2D eigenvalue weighted by molar-refractivity contribution is 8.01. The molecule has 0 aliphatic heterocycles. The van der Waals surface area contributed by atoms with Gasteiger partial charge >= 0.3 is 0 Å². The Morgan fingerprint density at radius 3 is 2.61 bits per heavy atom. The van der Waals surface area contributed by atoms with Gasteiger partial charge in [-0.3, -0.25) is 4.79 Å². The van der Waals surface area contributed by atoms with Crippen LogP contribution >= 0.6 is 35.3 Å². The van der Waals surface area contributed by atoms with E-state index >= 15 is 0 Å². The van der Waals surface area contributed by atoms with Crippen LogP contribution in [0.5, 0.6) is 0 Å². The first-order valence-corrected chi connectivity index (χ1v) is 9.23. The van der Waals surface area contributed by atoms with Crippen LogP contribution in [-0.4, -0.2) is 21.3 Å². The van der Waals surface area contributed by atoms with Gasteiger partial charge in [-0.05, 0) is 30.8 Å². The van der Waals surface area contributed by atoms with Crippen LogP contribution in [0.4, 0.5) is 0 Å². The summed E-state index contributed by atoms with van der Waals surface area (Å²) >= 11 is 8.27. The van der Waals surface area contributed by atoms with Gasteiger partial charge in [0.05, 0.1) is 11.4 Å². The number of benzene rings is 2. The average Bonchev–Trinajstić information content (AvgIpc) is 2.94. The number of nitrogens with zero attached hydrogens (tertiary/aromatic N) is 2. The average molecular weight is 359 g/mol. The van der Waals surface area contributed by atoms with Crippen molar-refractivity contribution >= 4 is 41.1 Å².